The smallest absolute Gasteiger partial charge is 0.268 e. The van der Waals surface area contributed by atoms with Crippen LogP contribution in [0.1, 0.15) is 18.1 Å². The van der Waals surface area contributed by atoms with E-state index in [4.69, 9.17) is 9.84 Å². The summed E-state index contributed by atoms with van der Waals surface area (Å²) < 4.78 is 5.77. The van der Waals surface area contributed by atoms with Gasteiger partial charge >= 0.3 is 0 Å². The predicted octanol–water partition coefficient (Wildman–Crippen LogP) is 2.10. The fourth-order valence-corrected chi connectivity index (χ4v) is 1.71. The molecule has 5 heteroatoms. The second kappa shape index (κ2) is 7.95. The van der Waals surface area contributed by atoms with Crippen molar-refractivity contribution in [3.05, 3.63) is 65.7 Å². The summed E-state index contributed by atoms with van der Waals surface area (Å²) in [6.45, 7) is 1.83. The Morgan fingerprint density at radius 2 is 1.91 bits per heavy atom. The maximum atomic E-state index is 11.2. The number of hydrogen-bond acceptors (Lipinski definition) is 4. The number of nitrogens with zero attached hydrogens (tertiary/aromatic N) is 1. The molecule has 0 aliphatic rings. The molecule has 0 aliphatic heterocycles. The normalized spacial score (nSPS) is 12.1. The second-order valence-electron chi connectivity index (χ2n) is 4.72. The molecule has 0 fully saturated rings. The van der Waals surface area contributed by atoms with E-state index in [0.29, 0.717) is 12.4 Å². The van der Waals surface area contributed by atoms with Gasteiger partial charge in [-0.2, -0.15) is 5.10 Å². The Bertz CT molecular complexity index is 639. The maximum absolute atomic E-state index is 11.2. The van der Waals surface area contributed by atoms with Gasteiger partial charge in [0.05, 0.1) is 6.21 Å². The van der Waals surface area contributed by atoms with Crippen LogP contribution >= 0.6 is 0 Å². The molecule has 22 heavy (non-hydrogen) atoms. The third kappa shape index (κ3) is 4.71. The molecule has 0 spiro atoms. The molecule has 2 N–H and O–H groups in total. The van der Waals surface area contributed by atoms with Gasteiger partial charge < -0.3 is 9.84 Å². The molecule has 0 heterocycles. The van der Waals surface area contributed by atoms with Crippen LogP contribution in [-0.4, -0.2) is 23.3 Å². The first kappa shape index (κ1) is 15.7. The number of benzene rings is 2. The van der Waals surface area contributed by atoms with E-state index in [2.05, 4.69) is 10.5 Å². The summed E-state index contributed by atoms with van der Waals surface area (Å²) in [5.74, 6) is 0.111. The van der Waals surface area contributed by atoms with Crippen LogP contribution < -0.4 is 10.2 Å². The van der Waals surface area contributed by atoms with Crippen LogP contribution in [0, 0.1) is 0 Å². The largest absolute Gasteiger partial charge is 0.488 e. The van der Waals surface area contributed by atoms with Crippen LogP contribution in [0.15, 0.2) is 59.7 Å². The van der Waals surface area contributed by atoms with Gasteiger partial charge in [-0.3, -0.25) is 4.79 Å². The Morgan fingerprint density at radius 3 is 2.64 bits per heavy atom. The first-order valence-electron chi connectivity index (χ1n) is 6.93. The summed E-state index contributed by atoms with van der Waals surface area (Å²) in [4.78, 5) is 11.2. The quantitative estimate of drug-likeness (QED) is 0.634. The molecule has 0 saturated carbocycles. The van der Waals surface area contributed by atoms with Crippen molar-refractivity contribution in [1.29, 1.82) is 0 Å². The number of aliphatic hydroxyl groups excluding tert-OH is 1. The van der Waals surface area contributed by atoms with Crippen molar-refractivity contribution >= 4 is 12.1 Å². The number of para-hydroxylation sites is 1. The van der Waals surface area contributed by atoms with E-state index in [-0.39, 0.29) is 0 Å². The molecule has 0 unspecified atom stereocenters. The molecule has 2 aromatic carbocycles. The van der Waals surface area contributed by atoms with Crippen molar-refractivity contribution in [1.82, 2.24) is 5.43 Å². The van der Waals surface area contributed by atoms with Crippen LogP contribution in [0.2, 0.25) is 0 Å². The van der Waals surface area contributed by atoms with E-state index in [0.717, 1.165) is 11.1 Å². The highest BCUT2D eigenvalue weighted by Crippen LogP contribution is 2.17. The zero-order valence-corrected chi connectivity index (χ0v) is 12.3. The molecule has 0 aromatic heterocycles. The molecule has 0 saturated heterocycles. The Balaban J connectivity index is 2.00. The number of hydrazone groups is 1. The van der Waals surface area contributed by atoms with Gasteiger partial charge in [0.15, 0.2) is 0 Å². The highest BCUT2D eigenvalue weighted by molar-refractivity contribution is 5.86. The summed E-state index contributed by atoms with van der Waals surface area (Å²) in [6, 6.07) is 17.2. The molecular weight excluding hydrogens is 280 g/mol. The van der Waals surface area contributed by atoms with Gasteiger partial charge in [-0.25, -0.2) is 5.43 Å². The van der Waals surface area contributed by atoms with E-state index < -0.39 is 12.0 Å². The number of carbonyl (C=O) groups is 1. The van der Waals surface area contributed by atoms with Crippen molar-refractivity contribution in [2.45, 2.75) is 19.6 Å². The fraction of sp³-hybridized carbons (Fsp3) is 0.176. The topological polar surface area (TPSA) is 70.9 Å². The van der Waals surface area contributed by atoms with Crippen LogP contribution in [-0.2, 0) is 11.4 Å². The zero-order valence-electron chi connectivity index (χ0n) is 12.3. The third-order valence-corrected chi connectivity index (χ3v) is 2.91. The number of hydrogen-bond donors (Lipinski definition) is 2. The molecule has 2 aromatic rings. The highest BCUT2D eigenvalue weighted by atomic mass is 16.5. The van der Waals surface area contributed by atoms with Gasteiger partial charge in [0.25, 0.3) is 5.91 Å². The summed E-state index contributed by atoms with van der Waals surface area (Å²) in [5.41, 5.74) is 4.06. The molecule has 2 rings (SSSR count). The number of nitrogens with one attached hydrogen (secondary N) is 1. The van der Waals surface area contributed by atoms with E-state index in [1.165, 1.54) is 13.1 Å². The van der Waals surface area contributed by atoms with E-state index in [1.807, 2.05) is 54.6 Å². The van der Waals surface area contributed by atoms with E-state index in [1.54, 1.807) is 0 Å². The molecular formula is C17H18N2O3. The maximum Gasteiger partial charge on any atom is 0.268 e. The van der Waals surface area contributed by atoms with Crippen molar-refractivity contribution in [3.8, 4) is 5.75 Å². The fourth-order valence-electron chi connectivity index (χ4n) is 1.71. The van der Waals surface area contributed by atoms with Crippen molar-refractivity contribution < 1.29 is 14.6 Å². The van der Waals surface area contributed by atoms with Crippen LogP contribution in [0.5, 0.6) is 5.75 Å². The molecule has 5 nitrogen and oxygen atoms in total. The lowest BCUT2D eigenvalue weighted by Gasteiger charge is -2.09. The Hall–Kier alpha value is -2.66. The SMILES string of the molecule is C[C@@H](O)C(=O)N/N=C\c1ccccc1OCc1ccccc1. The summed E-state index contributed by atoms with van der Waals surface area (Å²) in [6.07, 6.45) is 0.391. The molecule has 1 amide bonds. The summed E-state index contributed by atoms with van der Waals surface area (Å²) >= 11 is 0. The van der Waals surface area contributed by atoms with Gasteiger partial charge in [0.1, 0.15) is 18.5 Å². The second-order valence-corrected chi connectivity index (χ2v) is 4.72. The molecule has 0 radical (unpaired) electrons. The predicted molar refractivity (Wildman–Crippen MR) is 84.6 cm³/mol. The average Bonchev–Trinajstić information content (AvgIpc) is 2.54. The first-order chi connectivity index (χ1) is 10.7. The lowest BCUT2D eigenvalue weighted by molar-refractivity contribution is -0.128. The van der Waals surface area contributed by atoms with Crippen molar-refractivity contribution in [2.24, 2.45) is 5.10 Å². The van der Waals surface area contributed by atoms with Crippen molar-refractivity contribution in [3.63, 3.8) is 0 Å². The minimum absolute atomic E-state index is 0.450. The van der Waals surface area contributed by atoms with Crippen molar-refractivity contribution in [2.75, 3.05) is 0 Å². The molecule has 0 bridgehead atoms. The monoisotopic (exact) mass is 298 g/mol. The van der Waals surface area contributed by atoms with Crippen LogP contribution in [0.3, 0.4) is 0 Å². The lowest BCUT2D eigenvalue weighted by Crippen LogP contribution is -2.28. The Labute approximate surface area is 129 Å². The van der Waals surface area contributed by atoms with Crippen LogP contribution in [0.4, 0.5) is 0 Å². The standard InChI is InChI=1S/C17H18N2O3/c1-13(20)17(21)19-18-11-15-9-5-6-10-16(15)22-12-14-7-3-2-4-8-14/h2-11,13,20H,12H2,1H3,(H,19,21)/b18-11-/t13-/m1/s1. The lowest BCUT2D eigenvalue weighted by atomic mass is 10.2. The van der Waals surface area contributed by atoms with Gasteiger partial charge in [-0.05, 0) is 24.6 Å². The highest BCUT2D eigenvalue weighted by Gasteiger charge is 2.06. The summed E-state index contributed by atoms with van der Waals surface area (Å²) in [7, 11) is 0. The Morgan fingerprint density at radius 1 is 1.23 bits per heavy atom. The number of amides is 1. The third-order valence-electron chi connectivity index (χ3n) is 2.91. The molecule has 114 valence electrons. The van der Waals surface area contributed by atoms with Gasteiger partial charge in [-0.1, -0.05) is 42.5 Å². The van der Waals surface area contributed by atoms with Crippen LogP contribution in [0.25, 0.3) is 0 Å². The molecule has 1 atom stereocenters. The zero-order chi connectivity index (χ0) is 15.8. The van der Waals surface area contributed by atoms with Gasteiger partial charge in [0, 0.05) is 5.56 Å². The molecule has 0 aliphatic carbocycles. The van der Waals surface area contributed by atoms with E-state index in [9.17, 15) is 4.79 Å². The number of carbonyl (C=O) groups excluding carboxylic acids is 1. The minimum atomic E-state index is -1.10. The number of ether oxygens (including phenoxy) is 1. The number of rotatable bonds is 6. The number of aliphatic hydroxyl groups is 1. The average molecular weight is 298 g/mol. The summed E-state index contributed by atoms with van der Waals surface area (Å²) in [5, 5.41) is 12.9. The Kier molecular flexibility index (Phi) is 5.68. The van der Waals surface area contributed by atoms with Gasteiger partial charge in [0.2, 0.25) is 0 Å². The minimum Gasteiger partial charge on any atom is -0.488 e. The van der Waals surface area contributed by atoms with Gasteiger partial charge in [-0.15, -0.1) is 0 Å². The first-order valence-corrected chi connectivity index (χ1v) is 6.93. The van der Waals surface area contributed by atoms with E-state index >= 15 is 0 Å².